The highest BCUT2D eigenvalue weighted by Crippen LogP contribution is 2.37. The molecule has 5 heteroatoms. The number of nitrogens with zero attached hydrogens (tertiary/aromatic N) is 4. The largest absolute Gasteiger partial charge is 0.320 e. The van der Waals surface area contributed by atoms with Crippen molar-refractivity contribution in [3.63, 3.8) is 0 Å². The molecule has 2 heterocycles. The van der Waals surface area contributed by atoms with Crippen molar-refractivity contribution < 1.29 is 0 Å². The predicted molar refractivity (Wildman–Crippen MR) is 104 cm³/mol. The number of benzene rings is 1. The molecular weight excluding hydrogens is 328 g/mol. The zero-order valence-electron chi connectivity index (χ0n) is 14.7. The van der Waals surface area contributed by atoms with Crippen LogP contribution in [0.2, 0.25) is 0 Å². The fraction of sp³-hybridized carbons (Fsp3) is 0.300. The van der Waals surface area contributed by atoms with Gasteiger partial charge >= 0.3 is 0 Å². The van der Waals surface area contributed by atoms with E-state index in [4.69, 9.17) is 0 Å². The van der Waals surface area contributed by atoms with E-state index in [1.165, 1.54) is 5.56 Å². The summed E-state index contributed by atoms with van der Waals surface area (Å²) in [6.07, 6.45) is 6.82. The molecule has 130 valence electrons. The smallest absolute Gasteiger partial charge is 0.168 e. The summed E-state index contributed by atoms with van der Waals surface area (Å²) in [7, 11) is 4.24. The van der Waals surface area contributed by atoms with Gasteiger partial charge in [-0.1, -0.05) is 48.2 Å². The first-order chi connectivity index (χ1) is 12.2. The van der Waals surface area contributed by atoms with Crippen LogP contribution in [0, 0.1) is 0 Å². The van der Waals surface area contributed by atoms with E-state index in [2.05, 4.69) is 69.9 Å². The molecule has 0 aliphatic heterocycles. The summed E-state index contributed by atoms with van der Waals surface area (Å²) in [5, 5.41) is 1.42. The maximum atomic E-state index is 4.59. The van der Waals surface area contributed by atoms with Crippen molar-refractivity contribution in [1.82, 2.24) is 19.4 Å². The molecule has 0 N–H and O–H groups in total. The molecule has 0 saturated carbocycles. The van der Waals surface area contributed by atoms with Crippen LogP contribution < -0.4 is 0 Å². The van der Waals surface area contributed by atoms with E-state index in [1.807, 2.05) is 42.5 Å². The van der Waals surface area contributed by atoms with Crippen molar-refractivity contribution in [3.05, 3.63) is 78.4 Å². The summed E-state index contributed by atoms with van der Waals surface area (Å²) in [6.45, 7) is 1.80. The molecule has 1 unspecified atom stereocenters. The van der Waals surface area contributed by atoms with Crippen molar-refractivity contribution >= 4 is 11.8 Å². The van der Waals surface area contributed by atoms with Crippen LogP contribution >= 0.6 is 11.8 Å². The Bertz CT molecular complexity index is 756. The average molecular weight is 353 g/mol. The van der Waals surface area contributed by atoms with Gasteiger partial charge in [-0.2, -0.15) is 0 Å². The molecule has 0 amide bonds. The Balaban J connectivity index is 1.77. The monoisotopic (exact) mass is 352 g/mol. The molecular formula is C20H24N4S. The number of hydrogen-bond donors (Lipinski definition) is 0. The zero-order chi connectivity index (χ0) is 17.5. The van der Waals surface area contributed by atoms with E-state index in [0.29, 0.717) is 5.25 Å². The van der Waals surface area contributed by atoms with Crippen molar-refractivity contribution in [1.29, 1.82) is 0 Å². The van der Waals surface area contributed by atoms with Gasteiger partial charge < -0.3 is 9.47 Å². The number of hydrogen-bond acceptors (Lipinski definition) is 4. The SMILES string of the molecule is CN(C)CCC(Sc1nccn1Cc1ccccn1)c1ccccc1. The Labute approximate surface area is 153 Å². The number of imidazole rings is 1. The minimum absolute atomic E-state index is 0.383. The molecule has 3 aromatic rings. The van der Waals surface area contributed by atoms with Gasteiger partial charge in [-0.25, -0.2) is 4.98 Å². The molecule has 1 aromatic carbocycles. The Morgan fingerprint density at radius 1 is 1.00 bits per heavy atom. The molecule has 0 bridgehead atoms. The third-order valence-corrected chi connectivity index (χ3v) is 5.34. The van der Waals surface area contributed by atoms with Gasteiger partial charge in [-0.15, -0.1) is 0 Å². The van der Waals surface area contributed by atoms with Crippen LogP contribution in [0.25, 0.3) is 0 Å². The lowest BCUT2D eigenvalue weighted by molar-refractivity contribution is 0.398. The molecule has 0 aliphatic carbocycles. The van der Waals surface area contributed by atoms with Crippen LogP contribution in [0.3, 0.4) is 0 Å². The van der Waals surface area contributed by atoms with E-state index in [-0.39, 0.29) is 0 Å². The van der Waals surface area contributed by atoms with Crippen LogP contribution in [0.5, 0.6) is 0 Å². The minimum Gasteiger partial charge on any atom is -0.320 e. The summed E-state index contributed by atoms with van der Waals surface area (Å²) in [4.78, 5) is 11.2. The third kappa shape index (κ3) is 5.18. The van der Waals surface area contributed by atoms with Gasteiger partial charge in [0.25, 0.3) is 0 Å². The summed E-state index contributed by atoms with van der Waals surface area (Å²) in [5.74, 6) is 0. The topological polar surface area (TPSA) is 34.0 Å². The van der Waals surface area contributed by atoms with Gasteiger partial charge in [0.05, 0.1) is 12.2 Å². The van der Waals surface area contributed by atoms with Gasteiger partial charge in [-0.3, -0.25) is 4.98 Å². The van der Waals surface area contributed by atoms with Gasteiger partial charge in [0, 0.05) is 23.8 Å². The Kier molecular flexibility index (Phi) is 6.25. The highest BCUT2D eigenvalue weighted by molar-refractivity contribution is 7.99. The molecule has 4 nitrogen and oxygen atoms in total. The van der Waals surface area contributed by atoms with E-state index >= 15 is 0 Å². The molecule has 25 heavy (non-hydrogen) atoms. The lowest BCUT2D eigenvalue weighted by Gasteiger charge is -2.19. The first-order valence-corrected chi connectivity index (χ1v) is 9.37. The van der Waals surface area contributed by atoms with E-state index in [1.54, 1.807) is 0 Å². The molecule has 2 aromatic heterocycles. The van der Waals surface area contributed by atoms with E-state index in [9.17, 15) is 0 Å². The van der Waals surface area contributed by atoms with Gasteiger partial charge in [0.1, 0.15) is 0 Å². The van der Waals surface area contributed by atoms with Crippen molar-refractivity contribution in [3.8, 4) is 0 Å². The van der Waals surface area contributed by atoms with Crippen LogP contribution in [-0.2, 0) is 6.54 Å². The van der Waals surface area contributed by atoms with E-state index in [0.717, 1.165) is 30.4 Å². The second kappa shape index (κ2) is 8.83. The Hall–Kier alpha value is -2.11. The second-order valence-corrected chi connectivity index (χ2v) is 7.44. The molecule has 0 radical (unpaired) electrons. The van der Waals surface area contributed by atoms with Gasteiger partial charge in [0.15, 0.2) is 5.16 Å². The summed E-state index contributed by atoms with van der Waals surface area (Å²) >= 11 is 1.83. The Morgan fingerprint density at radius 2 is 1.80 bits per heavy atom. The standard InChI is InChI=1S/C20H24N4S/c1-23(2)14-11-19(17-8-4-3-5-9-17)25-20-22-13-15-24(20)16-18-10-6-7-12-21-18/h3-10,12-13,15,19H,11,14,16H2,1-2H3. The molecule has 3 rings (SSSR count). The fourth-order valence-electron chi connectivity index (χ4n) is 2.66. The quantitative estimate of drug-likeness (QED) is 0.571. The molecule has 0 fully saturated rings. The number of thioether (sulfide) groups is 1. The second-order valence-electron chi connectivity index (χ2n) is 6.27. The zero-order valence-corrected chi connectivity index (χ0v) is 15.6. The van der Waals surface area contributed by atoms with Crippen molar-refractivity contribution in [2.24, 2.45) is 0 Å². The third-order valence-electron chi connectivity index (χ3n) is 3.99. The first-order valence-electron chi connectivity index (χ1n) is 8.50. The number of aromatic nitrogens is 3. The Morgan fingerprint density at radius 3 is 2.52 bits per heavy atom. The predicted octanol–water partition coefficient (Wildman–Crippen LogP) is 4.11. The van der Waals surface area contributed by atoms with Crippen LogP contribution in [0.1, 0.15) is 22.9 Å². The maximum absolute atomic E-state index is 4.59. The lowest BCUT2D eigenvalue weighted by Crippen LogP contribution is -2.15. The average Bonchev–Trinajstić information content (AvgIpc) is 3.07. The molecule has 1 atom stereocenters. The van der Waals surface area contributed by atoms with Gasteiger partial charge in [0.2, 0.25) is 0 Å². The molecule has 0 spiro atoms. The summed E-state index contributed by atoms with van der Waals surface area (Å²) in [6, 6.07) is 16.7. The number of pyridine rings is 1. The summed E-state index contributed by atoms with van der Waals surface area (Å²) in [5.41, 5.74) is 2.40. The van der Waals surface area contributed by atoms with Crippen LogP contribution in [0.4, 0.5) is 0 Å². The normalized spacial score (nSPS) is 12.4. The van der Waals surface area contributed by atoms with Crippen molar-refractivity contribution in [2.45, 2.75) is 23.4 Å². The number of rotatable bonds is 8. The molecule has 0 saturated heterocycles. The molecule has 0 aliphatic rings. The minimum atomic E-state index is 0.383. The van der Waals surface area contributed by atoms with E-state index < -0.39 is 0 Å². The van der Waals surface area contributed by atoms with Gasteiger partial charge in [-0.05, 0) is 44.8 Å². The lowest BCUT2D eigenvalue weighted by atomic mass is 10.1. The maximum Gasteiger partial charge on any atom is 0.168 e. The fourth-order valence-corrected chi connectivity index (χ4v) is 3.82. The highest BCUT2D eigenvalue weighted by Gasteiger charge is 2.17. The summed E-state index contributed by atoms with van der Waals surface area (Å²) < 4.78 is 2.18. The first kappa shape index (κ1) is 17.7. The van der Waals surface area contributed by atoms with Crippen molar-refractivity contribution in [2.75, 3.05) is 20.6 Å². The van der Waals surface area contributed by atoms with Crippen LogP contribution in [0.15, 0.2) is 72.3 Å². The van der Waals surface area contributed by atoms with Crippen LogP contribution in [-0.4, -0.2) is 40.1 Å². The highest BCUT2D eigenvalue weighted by atomic mass is 32.2.